The quantitative estimate of drug-likeness (QED) is 0.448. The summed E-state index contributed by atoms with van der Waals surface area (Å²) >= 11 is 1.45. The number of benzene rings is 1. The predicted molar refractivity (Wildman–Crippen MR) is 131 cm³/mol. The maximum atomic E-state index is 13.4. The molecule has 1 aromatic carbocycles. The Morgan fingerprint density at radius 3 is 2.63 bits per heavy atom. The first kappa shape index (κ1) is 23.7. The number of thiazole rings is 1. The fourth-order valence-electron chi connectivity index (χ4n) is 3.99. The van der Waals surface area contributed by atoms with Crippen LogP contribution in [0.3, 0.4) is 0 Å². The maximum Gasteiger partial charge on any atom is 0.277 e. The van der Waals surface area contributed by atoms with E-state index in [1.54, 1.807) is 30.5 Å². The molecule has 35 heavy (non-hydrogen) atoms. The van der Waals surface area contributed by atoms with Gasteiger partial charge in [-0.1, -0.05) is 0 Å². The molecular formula is C24H22F2N4O3S2. The third kappa shape index (κ3) is 5.01. The summed E-state index contributed by atoms with van der Waals surface area (Å²) in [5, 5.41) is 3.77. The molecular weight excluding hydrogens is 494 g/mol. The molecule has 0 atom stereocenters. The van der Waals surface area contributed by atoms with E-state index in [0.29, 0.717) is 27.6 Å². The van der Waals surface area contributed by atoms with Crippen LogP contribution in [-0.2, 0) is 27.5 Å². The molecule has 5 rings (SSSR count). The maximum absolute atomic E-state index is 13.4. The lowest BCUT2D eigenvalue weighted by atomic mass is 10.1. The lowest BCUT2D eigenvalue weighted by Gasteiger charge is -2.15. The lowest BCUT2D eigenvalue weighted by Crippen LogP contribution is -2.11. The molecule has 3 heterocycles. The molecule has 0 bridgehead atoms. The molecule has 0 amide bonds. The van der Waals surface area contributed by atoms with E-state index in [4.69, 9.17) is 0 Å². The first-order chi connectivity index (χ1) is 16.6. The first-order valence-electron chi connectivity index (χ1n) is 11.0. The molecule has 7 nitrogen and oxygen atoms in total. The summed E-state index contributed by atoms with van der Waals surface area (Å²) in [5.74, 6) is 0.101. The highest BCUT2D eigenvalue weighted by atomic mass is 32.2. The highest BCUT2D eigenvalue weighted by Crippen LogP contribution is 2.40. The summed E-state index contributed by atoms with van der Waals surface area (Å²) in [7, 11) is -3.66. The average Bonchev–Trinajstić information content (AvgIpc) is 3.41. The van der Waals surface area contributed by atoms with E-state index in [9.17, 15) is 22.0 Å². The number of fused-ring (bicyclic) bond motifs is 1. The number of hydrogen-bond donors (Lipinski definition) is 1. The number of carbonyl (C=O) groups is 1. The molecule has 1 N–H and O–H groups in total. The smallest absolute Gasteiger partial charge is 0.277 e. The zero-order valence-corrected chi connectivity index (χ0v) is 20.6. The van der Waals surface area contributed by atoms with Gasteiger partial charge in [0.1, 0.15) is 16.5 Å². The Morgan fingerprint density at radius 1 is 1.23 bits per heavy atom. The molecule has 182 valence electrons. The van der Waals surface area contributed by atoms with E-state index < -0.39 is 16.3 Å². The van der Waals surface area contributed by atoms with Crippen LogP contribution in [0.25, 0.3) is 10.6 Å². The molecule has 1 fully saturated rings. The molecule has 1 aliphatic heterocycles. The van der Waals surface area contributed by atoms with E-state index in [2.05, 4.69) is 20.3 Å². The van der Waals surface area contributed by atoms with Crippen molar-refractivity contribution >= 4 is 49.7 Å². The number of halogens is 2. The SMILES string of the molecule is Cc1cnc(-c2ccc(Nc3cc(CC(=O)C4CC4)nc4c3N=C(C(F)F)C4)c(S(C)(=O)=O)c2)s1. The van der Waals surface area contributed by atoms with Crippen LogP contribution >= 0.6 is 11.3 Å². The molecule has 0 spiro atoms. The Hall–Kier alpha value is -3.05. The van der Waals surface area contributed by atoms with Crippen LogP contribution in [0.1, 0.15) is 29.1 Å². The van der Waals surface area contributed by atoms with Crippen LogP contribution in [0, 0.1) is 12.8 Å². The van der Waals surface area contributed by atoms with Gasteiger partial charge in [0.15, 0.2) is 9.84 Å². The van der Waals surface area contributed by atoms with Gasteiger partial charge in [0.05, 0.1) is 33.4 Å². The normalized spacial score (nSPS) is 15.3. The minimum Gasteiger partial charge on any atom is -0.353 e. The molecule has 3 aromatic rings. The van der Waals surface area contributed by atoms with E-state index in [0.717, 1.165) is 24.0 Å². The number of nitrogens with one attached hydrogen (secondary N) is 1. The standard InChI is InChI=1S/C24H22F2N4O3S2/c1-12-11-27-24(34-12)14-5-6-16(21(7-14)35(2,32)33)29-17-8-15(9-20(31)13-3-4-13)28-18-10-19(23(25)26)30-22(17)18/h5-8,11,13,23H,3-4,9-10H2,1-2H3,(H,28,29). The van der Waals surface area contributed by atoms with Crippen molar-refractivity contribution in [3.05, 3.63) is 46.7 Å². The van der Waals surface area contributed by atoms with Crippen LogP contribution in [0.15, 0.2) is 40.4 Å². The highest BCUT2D eigenvalue weighted by Gasteiger charge is 2.31. The monoisotopic (exact) mass is 516 g/mol. The van der Waals surface area contributed by atoms with Gasteiger partial charge < -0.3 is 5.32 Å². The average molecular weight is 517 g/mol. The molecule has 1 aliphatic carbocycles. The Morgan fingerprint density at radius 2 is 2.00 bits per heavy atom. The minimum absolute atomic E-state index is 0.0354. The molecule has 0 unspecified atom stereocenters. The van der Waals surface area contributed by atoms with Crippen LogP contribution in [0.5, 0.6) is 0 Å². The van der Waals surface area contributed by atoms with Crippen LogP contribution in [0.2, 0.25) is 0 Å². The number of Topliss-reactive ketones (excluding diaryl/α,β-unsaturated/α-hetero) is 1. The van der Waals surface area contributed by atoms with Gasteiger partial charge in [-0.15, -0.1) is 11.3 Å². The van der Waals surface area contributed by atoms with Crippen molar-refractivity contribution in [2.75, 3.05) is 11.6 Å². The van der Waals surface area contributed by atoms with Gasteiger partial charge in [0.25, 0.3) is 6.43 Å². The van der Waals surface area contributed by atoms with Gasteiger partial charge in [-0.2, -0.15) is 0 Å². The third-order valence-corrected chi connectivity index (χ3v) is 7.98. The van der Waals surface area contributed by atoms with E-state index in [-0.39, 0.29) is 46.5 Å². The second kappa shape index (κ2) is 8.87. The number of hydrogen-bond acceptors (Lipinski definition) is 8. The summed E-state index contributed by atoms with van der Waals surface area (Å²) < 4.78 is 52.1. The Kier molecular flexibility index (Phi) is 6.00. The Balaban J connectivity index is 1.56. The zero-order chi connectivity index (χ0) is 24.9. The zero-order valence-electron chi connectivity index (χ0n) is 19.0. The van der Waals surface area contributed by atoms with Crippen LogP contribution in [-0.4, -0.2) is 42.6 Å². The molecule has 2 aliphatic rings. The van der Waals surface area contributed by atoms with Gasteiger partial charge in [-0.25, -0.2) is 27.2 Å². The van der Waals surface area contributed by atoms with Crippen molar-refractivity contribution < 1.29 is 22.0 Å². The summed E-state index contributed by atoms with van der Waals surface area (Å²) in [6, 6.07) is 6.52. The largest absolute Gasteiger partial charge is 0.353 e. The van der Waals surface area contributed by atoms with Gasteiger partial charge in [0.2, 0.25) is 0 Å². The number of alkyl halides is 2. The number of aryl methyl sites for hydroxylation is 1. The summed E-state index contributed by atoms with van der Waals surface area (Å²) in [5.41, 5.74) is 2.00. The second-order valence-corrected chi connectivity index (χ2v) is 12.1. The molecule has 0 saturated heterocycles. The Bertz CT molecular complexity index is 1480. The van der Waals surface area contributed by atoms with E-state index in [1.807, 2.05) is 6.92 Å². The van der Waals surface area contributed by atoms with E-state index >= 15 is 0 Å². The predicted octanol–water partition coefficient (Wildman–Crippen LogP) is 5.08. The summed E-state index contributed by atoms with van der Waals surface area (Å²) in [4.78, 5) is 26.3. The summed E-state index contributed by atoms with van der Waals surface area (Å²) in [6.45, 7) is 1.91. The van der Waals surface area contributed by atoms with Crippen molar-refractivity contribution in [1.29, 1.82) is 0 Å². The summed E-state index contributed by atoms with van der Waals surface area (Å²) in [6.07, 6.45) is 1.78. The topological polar surface area (TPSA) is 101 Å². The molecule has 11 heteroatoms. The number of nitrogens with zero attached hydrogens (tertiary/aromatic N) is 3. The van der Waals surface area contributed by atoms with Crippen molar-refractivity contribution in [1.82, 2.24) is 9.97 Å². The molecule has 1 saturated carbocycles. The second-order valence-electron chi connectivity index (χ2n) is 8.84. The van der Waals surface area contributed by atoms with Crippen LogP contribution < -0.4 is 5.32 Å². The number of rotatable bonds is 8. The number of ketones is 1. The van der Waals surface area contributed by atoms with Crippen molar-refractivity contribution in [2.45, 2.75) is 43.9 Å². The van der Waals surface area contributed by atoms with Crippen molar-refractivity contribution in [3.63, 3.8) is 0 Å². The Labute approximate surface area is 205 Å². The number of carbonyl (C=O) groups excluding carboxylic acids is 1. The van der Waals surface area contributed by atoms with Gasteiger partial charge in [-0.3, -0.25) is 9.78 Å². The molecule has 2 aromatic heterocycles. The third-order valence-electron chi connectivity index (χ3n) is 5.88. The highest BCUT2D eigenvalue weighted by molar-refractivity contribution is 7.90. The molecule has 0 radical (unpaired) electrons. The minimum atomic E-state index is -3.66. The van der Waals surface area contributed by atoms with E-state index in [1.165, 1.54) is 11.3 Å². The van der Waals surface area contributed by atoms with Crippen LogP contribution in [0.4, 0.5) is 25.8 Å². The number of sulfone groups is 1. The van der Waals surface area contributed by atoms with Gasteiger partial charge in [-0.05, 0) is 44.0 Å². The number of aromatic nitrogens is 2. The van der Waals surface area contributed by atoms with Crippen molar-refractivity contribution in [3.8, 4) is 10.6 Å². The number of aliphatic imine (C=N–C) groups is 1. The number of pyridine rings is 1. The number of anilines is 2. The fraction of sp³-hybridized carbons (Fsp3) is 0.333. The van der Waals surface area contributed by atoms with Gasteiger partial charge in [0, 0.05) is 41.7 Å². The first-order valence-corrected chi connectivity index (χ1v) is 13.7. The van der Waals surface area contributed by atoms with Crippen molar-refractivity contribution in [2.24, 2.45) is 10.9 Å². The van der Waals surface area contributed by atoms with Gasteiger partial charge >= 0.3 is 0 Å². The fourth-order valence-corrected chi connectivity index (χ4v) is 5.61. The lowest BCUT2D eigenvalue weighted by molar-refractivity contribution is -0.119.